The van der Waals surface area contributed by atoms with Crippen LogP contribution in [0.5, 0.6) is 0 Å². The van der Waals surface area contributed by atoms with Crippen LogP contribution in [-0.4, -0.2) is 75.6 Å². The fourth-order valence-electron chi connectivity index (χ4n) is 5.73. The molecule has 0 aliphatic rings. The molecule has 2 atom stereocenters. The van der Waals surface area contributed by atoms with Crippen molar-refractivity contribution in [2.45, 2.75) is 193 Å². The summed E-state index contributed by atoms with van der Waals surface area (Å²) in [4.78, 5) is 22.8. The number of esters is 1. The third-order valence-electron chi connectivity index (χ3n) is 8.92. The van der Waals surface area contributed by atoms with Crippen molar-refractivity contribution in [1.82, 2.24) is 0 Å². The maximum Gasteiger partial charge on any atom is 0.472 e. The van der Waals surface area contributed by atoms with Gasteiger partial charge in [-0.1, -0.05) is 168 Å². The number of hydrogen-bond donors (Lipinski definition) is 1. The Bertz CT molecular complexity index is 746. The highest BCUT2D eigenvalue weighted by molar-refractivity contribution is 7.47. The van der Waals surface area contributed by atoms with Crippen LogP contribution in [-0.2, 0) is 27.9 Å². The van der Waals surface area contributed by atoms with Gasteiger partial charge in [-0.15, -0.1) is 0 Å². The number of quaternary nitrogens is 1. The number of likely N-dealkylation sites (N-methyl/N-ethyl adjacent to an activating group) is 1. The lowest BCUT2D eigenvalue weighted by atomic mass is 10.0. The normalized spacial score (nSPS) is 13.9. The summed E-state index contributed by atoms with van der Waals surface area (Å²) in [6.07, 6.45) is 32.6. The van der Waals surface area contributed by atoms with Crippen molar-refractivity contribution in [3.05, 3.63) is 0 Å². The van der Waals surface area contributed by atoms with Crippen molar-refractivity contribution >= 4 is 13.8 Å². The largest absolute Gasteiger partial charge is 0.472 e. The molecule has 0 saturated heterocycles. The van der Waals surface area contributed by atoms with E-state index >= 15 is 0 Å². The van der Waals surface area contributed by atoms with Crippen molar-refractivity contribution in [2.24, 2.45) is 0 Å². The van der Waals surface area contributed by atoms with Gasteiger partial charge in [-0.2, -0.15) is 0 Å². The van der Waals surface area contributed by atoms with E-state index in [1.165, 1.54) is 135 Å². The first-order chi connectivity index (χ1) is 23.1. The monoisotopic (exact) mass is 707 g/mol. The lowest BCUT2D eigenvalue weighted by Gasteiger charge is -2.24. The Balaban J connectivity index is 4.24. The zero-order valence-corrected chi connectivity index (χ0v) is 33.4. The van der Waals surface area contributed by atoms with Gasteiger partial charge >= 0.3 is 13.8 Å². The molecule has 1 N–H and O–H groups in total. The second-order valence-corrected chi connectivity index (χ2v) is 16.5. The van der Waals surface area contributed by atoms with Gasteiger partial charge in [0.1, 0.15) is 19.3 Å². The molecule has 0 radical (unpaired) electrons. The lowest BCUT2D eigenvalue weighted by Crippen LogP contribution is -2.37. The van der Waals surface area contributed by atoms with Crippen molar-refractivity contribution < 1.29 is 37.3 Å². The van der Waals surface area contributed by atoms with Crippen LogP contribution in [0.3, 0.4) is 0 Å². The van der Waals surface area contributed by atoms with Gasteiger partial charge in [-0.3, -0.25) is 13.8 Å². The molecule has 0 fully saturated rings. The molecule has 2 unspecified atom stereocenters. The van der Waals surface area contributed by atoms with E-state index in [2.05, 4.69) is 13.8 Å². The van der Waals surface area contributed by atoms with E-state index in [0.29, 0.717) is 24.1 Å². The van der Waals surface area contributed by atoms with Crippen molar-refractivity contribution in [1.29, 1.82) is 0 Å². The van der Waals surface area contributed by atoms with Crippen LogP contribution in [0.25, 0.3) is 0 Å². The molecule has 9 heteroatoms. The molecule has 8 nitrogen and oxygen atoms in total. The Morgan fingerprint density at radius 1 is 0.562 bits per heavy atom. The van der Waals surface area contributed by atoms with Gasteiger partial charge in [0.2, 0.25) is 0 Å². The number of ether oxygens (including phenoxy) is 2. The van der Waals surface area contributed by atoms with Crippen LogP contribution >= 0.6 is 7.82 Å². The summed E-state index contributed by atoms with van der Waals surface area (Å²) >= 11 is 0. The van der Waals surface area contributed by atoms with Crippen LogP contribution in [0, 0.1) is 0 Å². The maximum atomic E-state index is 12.6. The number of hydrogen-bond acceptors (Lipinski definition) is 6. The maximum absolute atomic E-state index is 12.6. The SMILES string of the molecule is CCCCCCCCCCCCCCCCC(=O)OC(COCCCCCCCCCCCCCC)COP(=O)(O)OCC[N+](C)(C)C. The molecule has 0 amide bonds. The Morgan fingerprint density at radius 2 is 0.958 bits per heavy atom. The Kier molecular flexibility index (Phi) is 33.3. The molecule has 0 bridgehead atoms. The summed E-state index contributed by atoms with van der Waals surface area (Å²) in [6.45, 7) is 5.66. The van der Waals surface area contributed by atoms with Crippen LogP contribution in [0.4, 0.5) is 0 Å². The van der Waals surface area contributed by atoms with Crippen LogP contribution in [0.1, 0.15) is 187 Å². The molecule has 0 aromatic heterocycles. The summed E-state index contributed by atoms with van der Waals surface area (Å²) in [7, 11) is 1.68. The molecule has 0 aliphatic carbocycles. The molecule has 0 saturated carbocycles. The predicted octanol–water partition coefficient (Wildman–Crippen LogP) is 11.3. The Labute approximate surface area is 298 Å². The van der Waals surface area contributed by atoms with Gasteiger partial charge in [0, 0.05) is 13.0 Å². The predicted molar refractivity (Wildman–Crippen MR) is 201 cm³/mol. The molecular weight excluding hydrogens is 625 g/mol. The van der Waals surface area contributed by atoms with Gasteiger partial charge < -0.3 is 18.9 Å². The first kappa shape index (κ1) is 47.5. The molecule has 0 aromatic carbocycles. The quantitative estimate of drug-likeness (QED) is 0.0296. The Morgan fingerprint density at radius 3 is 1.38 bits per heavy atom. The highest BCUT2D eigenvalue weighted by atomic mass is 31.2. The van der Waals surface area contributed by atoms with Gasteiger partial charge in [0.05, 0.1) is 34.4 Å². The van der Waals surface area contributed by atoms with E-state index in [-0.39, 0.29) is 25.8 Å². The summed E-state index contributed by atoms with van der Waals surface area (Å²) in [5, 5.41) is 0. The number of phosphoric acid groups is 1. The summed E-state index contributed by atoms with van der Waals surface area (Å²) in [5.74, 6) is -0.310. The molecule has 48 heavy (non-hydrogen) atoms. The molecule has 0 rings (SSSR count). The van der Waals surface area contributed by atoms with Gasteiger partial charge in [-0.05, 0) is 12.8 Å². The van der Waals surface area contributed by atoms with E-state index in [0.717, 1.165) is 32.1 Å². The standard InChI is InChI=1S/C39H80NO7P/c1-6-8-10-12-14-16-18-20-21-22-24-26-28-30-32-39(41)47-38(37-46-48(42,43)45-35-33-40(3,4)5)36-44-34-31-29-27-25-23-19-17-15-13-11-9-7-2/h38H,6-37H2,1-5H3/p+1. The van der Waals surface area contributed by atoms with Gasteiger partial charge in [-0.25, -0.2) is 4.57 Å². The number of carbonyl (C=O) groups excluding carboxylic acids is 1. The smallest absolute Gasteiger partial charge is 0.457 e. The minimum atomic E-state index is -4.26. The van der Waals surface area contributed by atoms with Crippen molar-refractivity contribution in [3.8, 4) is 0 Å². The van der Waals surface area contributed by atoms with Crippen LogP contribution in [0.15, 0.2) is 0 Å². The van der Waals surface area contributed by atoms with E-state index in [4.69, 9.17) is 18.5 Å². The van der Waals surface area contributed by atoms with Gasteiger partial charge in [0.15, 0.2) is 0 Å². The minimum absolute atomic E-state index is 0.0936. The number of rotatable bonds is 38. The second kappa shape index (κ2) is 33.6. The summed E-state index contributed by atoms with van der Waals surface area (Å²) < 4.78 is 34.9. The van der Waals surface area contributed by atoms with Crippen molar-refractivity contribution in [3.63, 3.8) is 0 Å². The Hall–Kier alpha value is -0.500. The lowest BCUT2D eigenvalue weighted by molar-refractivity contribution is -0.870. The third-order valence-corrected chi connectivity index (χ3v) is 9.90. The first-order valence-electron chi connectivity index (χ1n) is 20.3. The van der Waals surface area contributed by atoms with E-state index < -0.39 is 13.9 Å². The number of carbonyl (C=O) groups is 1. The highest BCUT2D eigenvalue weighted by Crippen LogP contribution is 2.43. The molecule has 0 heterocycles. The number of nitrogens with zero attached hydrogens (tertiary/aromatic N) is 1. The molecule has 288 valence electrons. The zero-order chi connectivity index (χ0) is 35.6. The van der Waals surface area contributed by atoms with E-state index in [1.807, 2.05) is 21.1 Å². The fraction of sp³-hybridized carbons (Fsp3) is 0.974. The van der Waals surface area contributed by atoms with Gasteiger partial charge in [0.25, 0.3) is 0 Å². The average molecular weight is 707 g/mol. The fourth-order valence-corrected chi connectivity index (χ4v) is 6.47. The summed E-state index contributed by atoms with van der Waals surface area (Å²) in [6, 6.07) is 0. The minimum Gasteiger partial charge on any atom is -0.457 e. The van der Waals surface area contributed by atoms with Crippen LogP contribution in [0.2, 0.25) is 0 Å². The first-order valence-corrected chi connectivity index (χ1v) is 21.8. The topological polar surface area (TPSA) is 91.3 Å². The average Bonchev–Trinajstić information content (AvgIpc) is 3.03. The highest BCUT2D eigenvalue weighted by Gasteiger charge is 2.26. The van der Waals surface area contributed by atoms with Crippen molar-refractivity contribution in [2.75, 3.05) is 54.1 Å². The molecular formula is C39H81NO7P+. The molecule has 0 spiro atoms. The molecule has 0 aromatic rings. The summed E-state index contributed by atoms with van der Waals surface area (Å²) in [5.41, 5.74) is 0. The number of phosphoric ester groups is 1. The van der Waals surface area contributed by atoms with Crippen LogP contribution < -0.4 is 0 Å². The number of unbranched alkanes of at least 4 members (excludes halogenated alkanes) is 24. The third kappa shape index (κ3) is 36.8. The van der Waals surface area contributed by atoms with E-state index in [9.17, 15) is 14.3 Å². The van der Waals surface area contributed by atoms with E-state index in [1.54, 1.807) is 0 Å². The second-order valence-electron chi connectivity index (χ2n) is 15.0. The molecule has 0 aliphatic heterocycles. The zero-order valence-electron chi connectivity index (χ0n) is 32.5.